The number of rotatable bonds is 4. The Hall–Kier alpha value is -1.09. The van der Waals surface area contributed by atoms with Crippen LogP contribution in [0.1, 0.15) is 38.3 Å². The van der Waals surface area contributed by atoms with E-state index in [1.807, 2.05) is 18.3 Å². The van der Waals surface area contributed by atoms with Crippen LogP contribution in [0.2, 0.25) is 0 Å². The summed E-state index contributed by atoms with van der Waals surface area (Å²) in [5.41, 5.74) is 1.12. The van der Waals surface area contributed by atoms with Crippen molar-refractivity contribution in [1.82, 2.24) is 9.88 Å². The predicted octanol–water partition coefficient (Wildman–Crippen LogP) is 3.10. The van der Waals surface area contributed by atoms with Gasteiger partial charge in [0, 0.05) is 18.8 Å². The van der Waals surface area contributed by atoms with E-state index in [0.717, 1.165) is 23.9 Å². The van der Waals surface area contributed by atoms with Crippen LogP contribution in [0.25, 0.3) is 0 Å². The van der Waals surface area contributed by atoms with Gasteiger partial charge in [-0.05, 0) is 44.3 Å². The molecule has 0 spiro atoms. The lowest BCUT2D eigenvalue weighted by atomic mass is 9.98. The third-order valence-electron chi connectivity index (χ3n) is 3.93. The van der Waals surface area contributed by atoms with Crippen molar-refractivity contribution in [2.75, 3.05) is 20.2 Å². The first-order valence-corrected chi connectivity index (χ1v) is 7.03. The highest BCUT2D eigenvalue weighted by Crippen LogP contribution is 2.21. The fraction of sp³-hybridized carbons (Fsp3) is 0.667. The molecular weight excluding hydrogens is 224 g/mol. The van der Waals surface area contributed by atoms with Crippen molar-refractivity contribution in [1.29, 1.82) is 0 Å². The molecule has 1 aliphatic rings. The Balaban J connectivity index is 1.92. The number of likely N-dealkylation sites (tertiary alicyclic amines) is 1. The van der Waals surface area contributed by atoms with E-state index in [0.29, 0.717) is 0 Å². The van der Waals surface area contributed by atoms with Crippen LogP contribution in [0.5, 0.6) is 5.75 Å². The Bertz CT molecular complexity index is 367. The van der Waals surface area contributed by atoms with Crippen LogP contribution in [0, 0.1) is 5.92 Å². The molecule has 0 amide bonds. The molecule has 1 fully saturated rings. The quantitative estimate of drug-likeness (QED) is 0.818. The monoisotopic (exact) mass is 248 g/mol. The summed E-state index contributed by atoms with van der Waals surface area (Å²) in [6, 6.07) is 3.95. The Morgan fingerprint density at radius 1 is 1.39 bits per heavy atom. The van der Waals surface area contributed by atoms with E-state index in [-0.39, 0.29) is 0 Å². The number of ether oxygens (including phenoxy) is 1. The zero-order valence-corrected chi connectivity index (χ0v) is 11.6. The van der Waals surface area contributed by atoms with E-state index in [4.69, 9.17) is 4.74 Å². The predicted molar refractivity (Wildman–Crippen MR) is 73.7 cm³/mol. The van der Waals surface area contributed by atoms with Crippen LogP contribution in [0.4, 0.5) is 0 Å². The van der Waals surface area contributed by atoms with Gasteiger partial charge in [0.2, 0.25) is 0 Å². The number of hydrogen-bond acceptors (Lipinski definition) is 3. The molecule has 1 aromatic rings. The van der Waals surface area contributed by atoms with Crippen LogP contribution in [0.3, 0.4) is 0 Å². The average molecular weight is 248 g/mol. The highest BCUT2D eigenvalue weighted by atomic mass is 16.5. The van der Waals surface area contributed by atoms with Crippen molar-refractivity contribution >= 4 is 0 Å². The van der Waals surface area contributed by atoms with Crippen molar-refractivity contribution in [3.05, 3.63) is 24.0 Å². The van der Waals surface area contributed by atoms with Crippen LogP contribution in [-0.4, -0.2) is 30.1 Å². The molecule has 0 N–H and O–H groups in total. The number of methoxy groups -OCH3 is 1. The maximum atomic E-state index is 5.24. The van der Waals surface area contributed by atoms with Crippen molar-refractivity contribution < 1.29 is 4.74 Å². The summed E-state index contributed by atoms with van der Waals surface area (Å²) in [6.07, 6.45) is 7.20. The van der Waals surface area contributed by atoms with Gasteiger partial charge in [0.15, 0.2) is 0 Å². The lowest BCUT2D eigenvalue weighted by molar-refractivity contribution is 0.268. The summed E-state index contributed by atoms with van der Waals surface area (Å²) in [5.74, 6) is 1.83. The summed E-state index contributed by atoms with van der Waals surface area (Å²) in [7, 11) is 1.71. The van der Waals surface area contributed by atoms with Crippen LogP contribution < -0.4 is 4.74 Å². The summed E-state index contributed by atoms with van der Waals surface area (Å²) in [4.78, 5) is 6.95. The summed E-state index contributed by atoms with van der Waals surface area (Å²) >= 11 is 0. The Morgan fingerprint density at radius 3 is 3.06 bits per heavy atom. The highest BCUT2D eigenvalue weighted by Gasteiger charge is 2.16. The second-order valence-corrected chi connectivity index (χ2v) is 5.17. The minimum Gasteiger partial charge on any atom is -0.497 e. The van der Waals surface area contributed by atoms with Crippen LogP contribution >= 0.6 is 0 Å². The van der Waals surface area contributed by atoms with E-state index in [2.05, 4.69) is 16.8 Å². The second-order valence-electron chi connectivity index (χ2n) is 5.17. The lowest BCUT2D eigenvalue weighted by Crippen LogP contribution is -2.24. The summed E-state index contributed by atoms with van der Waals surface area (Å²) < 4.78 is 5.24. The number of hydrogen-bond donors (Lipinski definition) is 0. The summed E-state index contributed by atoms with van der Waals surface area (Å²) in [6.45, 7) is 5.67. The lowest BCUT2D eigenvalue weighted by Gasteiger charge is -2.19. The van der Waals surface area contributed by atoms with Gasteiger partial charge in [-0.3, -0.25) is 9.88 Å². The van der Waals surface area contributed by atoms with Crippen molar-refractivity contribution in [3.63, 3.8) is 0 Å². The third-order valence-corrected chi connectivity index (χ3v) is 3.93. The topological polar surface area (TPSA) is 25.4 Å². The summed E-state index contributed by atoms with van der Waals surface area (Å²) in [5, 5.41) is 0. The SMILES string of the molecule is CC[C@H]1CCCN(Cc2cc(OC)ccn2)CC1. The number of aromatic nitrogens is 1. The van der Waals surface area contributed by atoms with Gasteiger partial charge in [-0.1, -0.05) is 13.3 Å². The van der Waals surface area contributed by atoms with E-state index >= 15 is 0 Å². The van der Waals surface area contributed by atoms with E-state index in [1.54, 1.807) is 7.11 Å². The van der Waals surface area contributed by atoms with E-state index in [1.165, 1.54) is 38.8 Å². The van der Waals surface area contributed by atoms with Gasteiger partial charge in [-0.25, -0.2) is 0 Å². The molecule has 0 bridgehead atoms. The molecule has 0 unspecified atom stereocenters. The molecule has 0 aliphatic carbocycles. The molecule has 3 heteroatoms. The molecule has 1 aliphatic heterocycles. The fourth-order valence-electron chi connectivity index (χ4n) is 2.69. The zero-order chi connectivity index (χ0) is 12.8. The number of nitrogens with zero attached hydrogens (tertiary/aromatic N) is 2. The molecule has 1 saturated heterocycles. The molecule has 3 nitrogen and oxygen atoms in total. The normalized spacial score (nSPS) is 21.6. The van der Waals surface area contributed by atoms with Gasteiger partial charge in [-0.15, -0.1) is 0 Å². The molecule has 1 aromatic heterocycles. The van der Waals surface area contributed by atoms with Gasteiger partial charge in [0.05, 0.1) is 12.8 Å². The first-order valence-electron chi connectivity index (χ1n) is 7.03. The molecule has 0 aromatic carbocycles. The molecule has 2 heterocycles. The number of pyridine rings is 1. The Kier molecular flexibility index (Phi) is 5.00. The van der Waals surface area contributed by atoms with Gasteiger partial charge >= 0.3 is 0 Å². The maximum Gasteiger partial charge on any atom is 0.122 e. The molecule has 2 rings (SSSR count). The average Bonchev–Trinajstić information content (AvgIpc) is 2.64. The van der Waals surface area contributed by atoms with E-state index in [9.17, 15) is 0 Å². The van der Waals surface area contributed by atoms with Gasteiger partial charge in [0.1, 0.15) is 5.75 Å². The first kappa shape index (κ1) is 13.3. The van der Waals surface area contributed by atoms with Crippen LogP contribution in [-0.2, 0) is 6.54 Å². The van der Waals surface area contributed by atoms with Gasteiger partial charge < -0.3 is 4.74 Å². The molecular formula is C15H24N2O. The molecule has 1 atom stereocenters. The van der Waals surface area contributed by atoms with E-state index < -0.39 is 0 Å². The second kappa shape index (κ2) is 6.74. The minimum atomic E-state index is 0.904. The van der Waals surface area contributed by atoms with Crippen LogP contribution in [0.15, 0.2) is 18.3 Å². The Morgan fingerprint density at radius 2 is 2.28 bits per heavy atom. The van der Waals surface area contributed by atoms with Crippen molar-refractivity contribution in [3.8, 4) is 5.75 Å². The fourth-order valence-corrected chi connectivity index (χ4v) is 2.69. The first-order chi connectivity index (χ1) is 8.81. The largest absolute Gasteiger partial charge is 0.497 e. The van der Waals surface area contributed by atoms with Crippen molar-refractivity contribution in [2.24, 2.45) is 5.92 Å². The van der Waals surface area contributed by atoms with Gasteiger partial charge in [0.25, 0.3) is 0 Å². The Labute approximate surface area is 110 Å². The minimum absolute atomic E-state index is 0.904. The highest BCUT2D eigenvalue weighted by molar-refractivity contribution is 5.22. The third kappa shape index (κ3) is 3.70. The zero-order valence-electron chi connectivity index (χ0n) is 11.6. The smallest absolute Gasteiger partial charge is 0.122 e. The van der Waals surface area contributed by atoms with Crippen molar-refractivity contribution in [2.45, 2.75) is 39.2 Å². The van der Waals surface area contributed by atoms with Gasteiger partial charge in [-0.2, -0.15) is 0 Å². The molecule has 100 valence electrons. The standard InChI is InChI=1S/C15H24N2O/c1-3-13-5-4-9-17(10-7-13)12-14-11-15(18-2)6-8-16-14/h6,8,11,13H,3-5,7,9-10,12H2,1-2H3/t13-/m0/s1. The molecule has 0 saturated carbocycles. The molecule has 18 heavy (non-hydrogen) atoms. The molecule has 0 radical (unpaired) electrons. The maximum absolute atomic E-state index is 5.24.